The lowest BCUT2D eigenvalue weighted by atomic mass is 9.92. The molecule has 0 unspecified atom stereocenters. The third kappa shape index (κ3) is 3.36. The summed E-state index contributed by atoms with van der Waals surface area (Å²) in [5, 5.41) is 0. The van der Waals surface area contributed by atoms with Gasteiger partial charge in [-0.05, 0) is 43.9 Å². The molecule has 0 N–H and O–H groups in total. The van der Waals surface area contributed by atoms with Crippen molar-refractivity contribution in [3.63, 3.8) is 0 Å². The van der Waals surface area contributed by atoms with E-state index in [1.54, 1.807) is 0 Å². The first-order valence-corrected chi connectivity index (χ1v) is 6.91. The minimum atomic E-state index is 0.864. The van der Waals surface area contributed by atoms with Crippen molar-refractivity contribution in [2.24, 2.45) is 11.8 Å². The molecule has 1 aliphatic carbocycles. The smallest absolute Gasteiger partial charge is 0.0200 e. The summed E-state index contributed by atoms with van der Waals surface area (Å²) in [6.45, 7) is 9.47. The van der Waals surface area contributed by atoms with E-state index in [1.807, 2.05) is 11.1 Å². The van der Waals surface area contributed by atoms with E-state index in [4.69, 9.17) is 0 Å². The molecule has 0 heteroatoms. The molecule has 0 aromatic heterocycles. The lowest BCUT2D eigenvalue weighted by Crippen LogP contribution is -2.02. The van der Waals surface area contributed by atoms with Crippen LogP contribution in [0.1, 0.15) is 72.6 Å². The molecule has 0 saturated heterocycles. The molecular formula is C15H28. The van der Waals surface area contributed by atoms with Gasteiger partial charge in [-0.15, -0.1) is 0 Å². The van der Waals surface area contributed by atoms with Crippen LogP contribution in [0.15, 0.2) is 11.1 Å². The van der Waals surface area contributed by atoms with Crippen molar-refractivity contribution in [1.29, 1.82) is 0 Å². The second-order valence-electron chi connectivity index (χ2n) is 5.31. The molecule has 0 radical (unpaired) electrons. The predicted octanol–water partition coefficient (Wildman–Crippen LogP) is 5.34. The van der Waals surface area contributed by atoms with Crippen molar-refractivity contribution in [2.75, 3.05) is 0 Å². The van der Waals surface area contributed by atoms with Gasteiger partial charge < -0.3 is 0 Å². The van der Waals surface area contributed by atoms with Gasteiger partial charge in [0.05, 0.1) is 0 Å². The summed E-state index contributed by atoms with van der Waals surface area (Å²) < 4.78 is 0. The molecule has 15 heavy (non-hydrogen) atoms. The zero-order valence-corrected chi connectivity index (χ0v) is 11.1. The first kappa shape index (κ1) is 12.8. The molecule has 0 amide bonds. The van der Waals surface area contributed by atoms with E-state index in [9.17, 15) is 0 Å². The molecule has 0 bridgehead atoms. The van der Waals surface area contributed by atoms with Crippen molar-refractivity contribution in [2.45, 2.75) is 72.6 Å². The van der Waals surface area contributed by atoms with Crippen LogP contribution in [0.25, 0.3) is 0 Å². The Hall–Kier alpha value is -0.260. The molecule has 0 heterocycles. The third-order valence-electron chi connectivity index (χ3n) is 4.06. The molecule has 0 aromatic rings. The summed E-state index contributed by atoms with van der Waals surface area (Å²) in [5.41, 5.74) is 3.66. The number of hydrogen-bond donors (Lipinski definition) is 0. The van der Waals surface area contributed by atoms with Gasteiger partial charge in [-0.1, -0.05) is 51.7 Å². The lowest BCUT2D eigenvalue weighted by Gasteiger charge is -2.14. The maximum Gasteiger partial charge on any atom is -0.0200 e. The van der Waals surface area contributed by atoms with Crippen molar-refractivity contribution in [1.82, 2.24) is 0 Å². The van der Waals surface area contributed by atoms with E-state index < -0.39 is 0 Å². The molecule has 0 saturated carbocycles. The highest BCUT2D eigenvalue weighted by Gasteiger charge is 2.26. The zero-order valence-electron chi connectivity index (χ0n) is 11.1. The Morgan fingerprint density at radius 1 is 1.00 bits per heavy atom. The van der Waals surface area contributed by atoms with Gasteiger partial charge in [0.1, 0.15) is 0 Å². The predicted molar refractivity (Wildman–Crippen MR) is 69.0 cm³/mol. The van der Waals surface area contributed by atoms with E-state index in [-0.39, 0.29) is 0 Å². The van der Waals surface area contributed by atoms with Crippen molar-refractivity contribution < 1.29 is 0 Å². The summed E-state index contributed by atoms with van der Waals surface area (Å²) in [6.07, 6.45) is 9.61. The second-order valence-corrected chi connectivity index (χ2v) is 5.31. The number of unbranched alkanes of at least 4 members (excludes halogenated alkanes) is 2. The standard InChI is InChI=1S/C15H28/c1-5-7-9-14-11-12(3)13(4)15(14)10-8-6-2/h12-13H,5-11H2,1-4H3/t12-,13-/m0/s1. The number of rotatable bonds is 6. The molecule has 0 aromatic carbocycles. The van der Waals surface area contributed by atoms with Crippen LogP contribution >= 0.6 is 0 Å². The summed E-state index contributed by atoms with van der Waals surface area (Å²) >= 11 is 0. The van der Waals surface area contributed by atoms with Gasteiger partial charge in [-0.3, -0.25) is 0 Å². The Morgan fingerprint density at radius 2 is 1.60 bits per heavy atom. The van der Waals surface area contributed by atoms with Crippen LogP contribution in [-0.2, 0) is 0 Å². The maximum absolute atomic E-state index is 2.44. The Labute approximate surface area is 96.2 Å². The van der Waals surface area contributed by atoms with Gasteiger partial charge in [0.15, 0.2) is 0 Å². The molecule has 88 valence electrons. The minimum absolute atomic E-state index is 0.864. The highest BCUT2D eigenvalue weighted by atomic mass is 14.3. The molecule has 0 spiro atoms. The van der Waals surface area contributed by atoms with Crippen LogP contribution in [0, 0.1) is 11.8 Å². The fourth-order valence-corrected chi connectivity index (χ4v) is 2.79. The van der Waals surface area contributed by atoms with Crippen LogP contribution in [0.3, 0.4) is 0 Å². The number of allylic oxidation sites excluding steroid dienone is 2. The van der Waals surface area contributed by atoms with Crippen LogP contribution in [0.5, 0.6) is 0 Å². The lowest BCUT2D eigenvalue weighted by molar-refractivity contribution is 0.466. The summed E-state index contributed by atoms with van der Waals surface area (Å²) in [7, 11) is 0. The molecule has 1 aliphatic rings. The van der Waals surface area contributed by atoms with E-state index >= 15 is 0 Å². The minimum Gasteiger partial charge on any atom is -0.0704 e. The van der Waals surface area contributed by atoms with Gasteiger partial charge in [-0.2, -0.15) is 0 Å². The Balaban J connectivity index is 2.60. The molecular weight excluding hydrogens is 180 g/mol. The monoisotopic (exact) mass is 208 g/mol. The van der Waals surface area contributed by atoms with Gasteiger partial charge in [0.25, 0.3) is 0 Å². The van der Waals surface area contributed by atoms with Gasteiger partial charge in [0, 0.05) is 0 Å². The third-order valence-corrected chi connectivity index (χ3v) is 4.06. The molecule has 2 atom stereocenters. The molecule has 0 aliphatic heterocycles. The first-order valence-electron chi connectivity index (χ1n) is 6.91. The first-order chi connectivity index (χ1) is 7.20. The Kier molecular flexibility index (Phi) is 5.42. The van der Waals surface area contributed by atoms with Crippen molar-refractivity contribution in [3.05, 3.63) is 11.1 Å². The van der Waals surface area contributed by atoms with Crippen molar-refractivity contribution >= 4 is 0 Å². The normalized spacial score (nSPS) is 26.4. The zero-order chi connectivity index (χ0) is 11.3. The van der Waals surface area contributed by atoms with Crippen molar-refractivity contribution in [3.8, 4) is 0 Å². The Morgan fingerprint density at radius 3 is 2.20 bits per heavy atom. The second kappa shape index (κ2) is 6.35. The van der Waals surface area contributed by atoms with Crippen LogP contribution in [-0.4, -0.2) is 0 Å². The molecule has 0 fully saturated rings. The maximum atomic E-state index is 2.44. The average Bonchev–Trinajstić information content (AvgIpc) is 2.50. The summed E-state index contributed by atoms with van der Waals surface area (Å²) in [4.78, 5) is 0. The topological polar surface area (TPSA) is 0 Å². The summed E-state index contributed by atoms with van der Waals surface area (Å²) in [6, 6.07) is 0. The van der Waals surface area contributed by atoms with Gasteiger partial charge in [0.2, 0.25) is 0 Å². The highest BCUT2D eigenvalue weighted by molar-refractivity contribution is 5.24. The SMILES string of the molecule is CCCCC1=C(CCCC)[C@@H](C)[C@@H](C)C1. The average molecular weight is 208 g/mol. The Bertz CT molecular complexity index is 212. The number of hydrogen-bond acceptors (Lipinski definition) is 0. The van der Waals surface area contributed by atoms with E-state index in [2.05, 4.69) is 27.7 Å². The van der Waals surface area contributed by atoms with E-state index in [1.165, 1.54) is 44.9 Å². The van der Waals surface area contributed by atoms with E-state index in [0.717, 1.165) is 11.8 Å². The fourth-order valence-electron chi connectivity index (χ4n) is 2.79. The summed E-state index contributed by atoms with van der Waals surface area (Å²) in [5.74, 6) is 1.77. The molecule has 1 rings (SSSR count). The quantitative estimate of drug-likeness (QED) is 0.517. The van der Waals surface area contributed by atoms with Gasteiger partial charge >= 0.3 is 0 Å². The van der Waals surface area contributed by atoms with E-state index in [0.29, 0.717) is 0 Å². The largest absolute Gasteiger partial charge is 0.0704 e. The van der Waals surface area contributed by atoms with Crippen LogP contribution in [0.4, 0.5) is 0 Å². The molecule has 0 nitrogen and oxygen atoms in total. The van der Waals surface area contributed by atoms with Crippen LogP contribution in [0.2, 0.25) is 0 Å². The highest BCUT2D eigenvalue weighted by Crippen LogP contribution is 2.41. The van der Waals surface area contributed by atoms with Crippen LogP contribution < -0.4 is 0 Å². The fraction of sp³-hybridized carbons (Fsp3) is 0.867. The van der Waals surface area contributed by atoms with Gasteiger partial charge in [-0.25, -0.2) is 0 Å².